The van der Waals surface area contributed by atoms with Crippen LogP contribution in [0.5, 0.6) is 0 Å². The highest BCUT2D eigenvalue weighted by atomic mass is 19.4. The van der Waals surface area contributed by atoms with E-state index < -0.39 is 35.4 Å². The molecule has 2 aromatic rings. The summed E-state index contributed by atoms with van der Waals surface area (Å²) in [6, 6.07) is 7.00. The Kier molecular flexibility index (Phi) is 9.80. The summed E-state index contributed by atoms with van der Waals surface area (Å²) in [5.74, 6) is -0.925. The highest BCUT2D eigenvalue weighted by Gasteiger charge is 2.71. The first-order valence-electron chi connectivity index (χ1n) is 12.6. The first kappa shape index (κ1) is 32.0. The Morgan fingerprint density at radius 1 is 1.00 bits per heavy atom. The number of amidine groups is 1. The number of piperidine rings is 1. The molecule has 1 saturated heterocycles. The quantitative estimate of drug-likeness (QED) is 0.215. The van der Waals surface area contributed by atoms with Gasteiger partial charge in [-0.15, -0.1) is 0 Å². The highest BCUT2D eigenvalue weighted by Crippen LogP contribution is 2.50. The van der Waals surface area contributed by atoms with Crippen molar-refractivity contribution in [2.75, 3.05) is 18.4 Å². The molecule has 0 aliphatic carbocycles. The molecule has 41 heavy (non-hydrogen) atoms. The van der Waals surface area contributed by atoms with E-state index in [0.717, 1.165) is 25.0 Å². The van der Waals surface area contributed by atoms with Crippen LogP contribution >= 0.6 is 0 Å². The van der Waals surface area contributed by atoms with Gasteiger partial charge in [0.25, 0.3) is 5.60 Å². The number of nitrogens with two attached hydrogens (primary N) is 1. The first-order chi connectivity index (χ1) is 19.0. The zero-order chi connectivity index (χ0) is 30.6. The van der Waals surface area contributed by atoms with Crippen molar-refractivity contribution in [2.45, 2.75) is 57.1 Å². The lowest BCUT2D eigenvalue weighted by molar-refractivity contribution is -0.376. The number of aliphatic hydroxyl groups is 1. The third-order valence-corrected chi connectivity index (χ3v) is 6.78. The van der Waals surface area contributed by atoms with E-state index in [1.54, 1.807) is 6.07 Å². The number of ketones is 1. The number of anilines is 1. The minimum absolute atomic E-state index is 0.0946. The number of alkyl halides is 6. The number of hydrogen-bond donors (Lipinski definition) is 3. The van der Waals surface area contributed by atoms with Crippen LogP contribution in [0.1, 0.15) is 42.9 Å². The molecule has 0 aromatic heterocycles. The van der Waals surface area contributed by atoms with E-state index in [-0.39, 0.29) is 29.6 Å². The van der Waals surface area contributed by atoms with Crippen LogP contribution < -0.4 is 11.1 Å². The SMILES string of the molecule is CC(=O)CC(N)=NC(=O)Nc1ccc(CC2CCN(Cc3ccc(C(O)(C(F)(F)F)C(F)(F)F)cc3)CC2)cc1F. The van der Waals surface area contributed by atoms with Crippen LogP contribution in [0.25, 0.3) is 0 Å². The van der Waals surface area contributed by atoms with Crippen molar-refractivity contribution >= 4 is 23.3 Å². The number of aliphatic imine (C=N–C) groups is 1. The number of carbonyl (C=O) groups excluding carboxylic acids is 2. The first-order valence-corrected chi connectivity index (χ1v) is 12.6. The Labute approximate surface area is 231 Å². The second-order valence-electron chi connectivity index (χ2n) is 10.1. The fourth-order valence-corrected chi connectivity index (χ4v) is 4.63. The second kappa shape index (κ2) is 12.6. The Morgan fingerprint density at radius 3 is 2.07 bits per heavy atom. The van der Waals surface area contributed by atoms with Gasteiger partial charge in [-0.25, -0.2) is 9.18 Å². The fourth-order valence-electron chi connectivity index (χ4n) is 4.63. The minimum atomic E-state index is -5.94. The number of carbonyl (C=O) groups is 2. The van der Waals surface area contributed by atoms with Gasteiger partial charge in [-0.2, -0.15) is 31.3 Å². The van der Waals surface area contributed by atoms with E-state index >= 15 is 0 Å². The van der Waals surface area contributed by atoms with E-state index in [4.69, 9.17) is 5.73 Å². The van der Waals surface area contributed by atoms with Gasteiger partial charge in [0.05, 0.1) is 12.1 Å². The summed E-state index contributed by atoms with van der Waals surface area (Å²) in [5, 5.41) is 11.8. The molecular formula is C27H29F7N4O3. The molecule has 7 nitrogen and oxygen atoms in total. The monoisotopic (exact) mass is 590 g/mol. The topological polar surface area (TPSA) is 108 Å². The number of benzene rings is 2. The number of nitrogens with zero attached hydrogens (tertiary/aromatic N) is 2. The van der Waals surface area contributed by atoms with Gasteiger partial charge in [0.1, 0.15) is 17.4 Å². The maximum absolute atomic E-state index is 14.6. The van der Waals surface area contributed by atoms with Crippen LogP contribution in [0, 0.1) is 11.7 Å². The number of likely N-dealkylation sites (tertiary alicyclic amines) is 1. The maximum atomic E-state index is 14.6. The molecule has 2 aromatic carbocycles. The molecule has 14 heteroatoms. The van der Waals surface area contributed by atoms with Gasteiger partial charge in [0.15, 0.2) is 0 Å². The van der Waals surface area contributed by atoms with Gasteiger partial charge in [0, 0.05) is 12.1 Å². The van der Waals surface area contributed by atoms with Gasteiger partial charge in [-0.05, 0) is 68.5 Å². The third kappa shape index (κ3) is 8.03. The van der Waals surface area contributed by atoms with Gasteiger partial charge < -0.3 is 16.2 Å². The molecule has 224 valence electrons. The molecule has 3 rings (SSSR count). The highest BCUT2D eigenvalue weighted by molar-refractivity contribution is 6.05. The molecule has 1 aliphatic heterocycles. The van der Waals surface area contributed by atoms with E-state index in [9.17, 15) is 45.4 Å². The number of amides is 2. The number of halogens is 7. The van der Waals surface area contributed by atoms with Crippen molar-refractivity contribution in [3.8, 4) is 0 Å². The zero-order valence-corrected chi connectivity index (χ0v) is 21.9. The lowest BCUT2D eigenvalue weighted by Gasteiger charge is -2.33. The average Bonchev–Trinajstić information content (AvgIpc) is 2.85. The normalized spacial score (nSPS) is 16.1. The molecule has 1 heterocycles. The van der Waals surface area contributed by atoms with Crippen LogP contribution in [0.4, 0.5) is 41.2 Å². The van der Waals surface area contributed by atoms with Crippen molar-refractivity contribution in [3.63, 3.8) is 0 Å². The Balaban J connectivity index is 1.53. The summed E-state index contributed by atoms with van der Waals surface area (Å²) in [6.45, 7) is 2.80. The van der Waals surface area contributed by atoms with Gasteiger partial charge in [0.2, 0.25) is 0 Å². The molecule has 0 atom stereocenters. The molecule has 0 saturated carbocycles. The molecule has 0 spiro atoms. The zero-order valence-electron chi connectivity index (χ0n) is 21.9. The average molecular weight is 591 g/mol. The van der Waals surface area contributed by atoms with E-state index in [1.807, 2.05) is 4.90 Å². The predicted molar refractivity (Wildman–Crippen MR) is 136 cm³/mol. The summed E-state index contributed by atoms with van der Waals surface area (Å²) >= 11 is 0. The summed E-state index contributed by atoms with van der Waals surface area (Å²) in [4.78, 5) is 28.4. The molecule has 4 N–H and O–H groups in total. The number of urea groups is 1. The smallest absolute Gasteiger partial charge is 0.387 e. The Bertz CT molecular complexity index is 1260. The van der Waals surface area contributed by atoms with E-state index in [0.29, 0.717) is 49.3 Å². The van der Waals surface area contributed by atoms with Gasteiger partial charge in [-0.3, -0.25) is 9.69 Å². The van der Waals surface area contributed by atoms with Gasteiger partial charge in [-0.1, -0.05) is 30.3 Å². The summed E-state index contributed by atoms with van der Waals surface area (Å²) in [5.41, 5.74) is 0.324. The summed E-state index contributed by atoms with van der Waals surface area (Å²) < 4.78 is 93.1. The van der Waals surface area contributed by atoms with Crippen molar-refractivity contribution in [3.05, 3.63) is 65.0 Å². The number of hydrogen-bond acceptors (Lipinski definition) is 4. The predicted octanol–water partition coefficient (Wildman–Crippen LogP) is 5.46. The van der Waals surface area contributed by atoms with Crippen LogP contribution in [0.15, 0.2) is 47.5 Å². The van der Waals surface area contributed by atoms with Crippen molar-refractivity contribution in [2.24, 2.45) is 16.6 Å². The Hall–Kier alpha value is -3.52. The van der Waals surface area contributed by atoms with E-state index in [2.05, 4.69) is 10.3 Å². The maximum Gasteiger partial charge on any atom is 0.430 e. The van der Waals surface area contributed by atoms with Gasteiger partial charge >= 0.3 is 18.4 Å². The lowest BCUT2D eigenvalue weighted by atomic mass is 9.89. The standard InChI is InChI=1S/C27H29F7N4O3/c1-16(39)12-23(35)37-24(40)36-22-7-4-19(14-21(22)28)13-17-8-10-38(11-9-17)15-18-2-5-20(6-3-18)25(41,26(29,30)31)27(32,33)34/h2-7,14,17,41H,8-13,15H2,1H3,(H3,35,36,37,40). The van der Waals surface area contributed by atoms with Crippen LogP contribution in [0.3, 0.4) is 0 Å². The molecule has 0 bridgehead atoms. The van der Waals surface area contributed by atoms with Crippen LogP contribution in [0.2, 0.25) is 0 Å². The van der Waals surface area contributed by atoms with Crippen LogP contribution in [-0.2, 0) is 23.4 Å². The number of nitrogens with one attached hydrogen (secondary N) is 1. The molecular weight excluding hydrogens is 561 g/mol. The minimum Gasteiger partial charge on any atom is -0.387 e. The van der Waals surface area contributed by atoms with Crippen LogP contribution in [-0.4, -0.2) is 53.1 Å². The fraction of sp³-hybridized carbons (Fsp3) is 0.444. The van der Waals surface area contributed by atoms with E-state index in [1.165, 1.54) is 19.1 Å². The summed E-state index contributed by atoms with van der Waals surface area (Å²) in [7, 11) is 0. The molecule has 0 radical (unpaired) electrons. The molecule has 1 fully saturated rings. The number of Topliss-reactive ketones (excluding diaryl/α,β-unsaturated/α-hetero) is 1. The third-order valence-electron chi connectivity index (χ3n) is 6.78. The second-order valence-corrected chi connectivity index (χ2v) is 10.1. The van der Waals surface area contributed by atoms with Crippen molar-refractivity contribution in [1.29, 1.82) is 0 Å². The number of rotatable bonds is 8. The Morgan fingerprint density at radius 2 is 1.56 bits per heavy atom. The van der Waals surface area contributed by atoms with Crippen molar-refractivity contribution < 1.29 is 45.4 Å². The van der Waals surface area contributed by atoms with Crippen molar-refractivity contribution in [1.82, 2.24) is 4.90 Å². The molecule has 2 amide bonds. The summed E-state index contributed by atoms with van der Waals surface area (Å²) in [6.07, 6.45) is -10.1. The molecule has 0 unspecified atom stereocenters. The molecule has 1 aliphatic rings. The largest absolute Gasteiger partial charge is 0.430 e. The lowest BCUT2D eigenvalue weighted by Crippen LogP contribution is -2.53.